The Labute approximate surface area is 216 Å². The van der Waals surface area contributed by atoms with E-state index >= 15 is 0 Å². The SMILES string of the molecule is C=C(Cl)/C=C(\C=C(/C)N(C)C(C)C)c1nnc(-c2cc(F)c(OCCCO)cc2Cl)s1.CCC. The summed E-state index contributed by atoms with van der Waals surface area (Å²) in [7, 11) is 2.00. The maximum absolute atomic E-state index is 14.5. The average molecular weight is 531 g/mol. The first-order valence-corrected chi connectivity index (χ1v) is 12.7. The van der Waals surface area contributed by atoms with Crippen molar-refractivity contribution in [2.75, 3.05) is 20.3 Å². The lowest BCUT2D eigenvalue weighted by Crippen LogP contribution is -2.24. The van der Waals surface area contributed by atoms with E-state index < -0.39 is 5.82 Å². The van der Waals surface area contributed by atoms with Gasteiger partial charge >= 0.3 is 0 Å². The number of aliphatic hydroxyl groups excluding tert-OH is 1. The Kier molecular flexibility index (Phi) is 13.4. The van der Waals surface area contributed by atoms with Crippen LogP contribution in [-0.4, -0.2) is 46.5 Å². The molecule has 1 aromatic heterocycles. The molecule has 1 N–H and O–H groups in total. The summed E-state index contributed by atoms with van der Waals surface area (Å²) in [6.07, 6.45) is 5.32. The second-order valence-corrected chi connectivity index (χ2v) is 9.71. The van der Waals surface area contributed by atoms with Crippen LogP contribution in [0.2, 0.25) is 5.02 Å². The minimum absolute atomic E-state index is 0.0289. The van der Waals surface area contributed by atoms with Crippen LogP contribution >= 0.6 is 34.5 Å². The number of hydrogen-bond donors (Lipinski definition) is 1. The summed E-state index contributed by atoms with van der Waals surface area (Å²) in [5.41, 5.74) is 2.18. The number of benzene rings is 1. The Bertz CT molecular complexity index is 1010. The van der Waals surface area contributed by atoms with E-state index in [4.69, 9.17) is 33.0 Å². The van der Waals surface area contributed by atoms with E-state index in [1.54, 1.807) is 6.08 Å². The lowest BCUT2D eigenvalue weighted by molar-refractivity contribution is 0.228. The zero-order chi connectivity index (χ0) is 25.8. The molecule has 5 nitrogen and oxygen atoms in total. The van der Waals surface area contributed by atoms with Crippen LogP contribution in [-0.2, 0) is 0 Å². The normalized spacial score (nSPS) is 11.9. The van der Waals surface area contributed by atoms with Gasteiger partial charge in [0.2, 0.25) is 0 Å². The van der Waals surface area contributed by atoms with Crippen LogP contribution in [0, 0.1) is 5.82 Å². The van der Waals surface area contributed by atoms with Crippen LogP contribution < -0.4 is 4.74 Å². The van der Waals surface area contributed by atoms with Crippen molar-refractivity contribution < 1.29 is 14.2 Å². The molecular formula is C25H34Cl2FN3O2S. The predicted molar refractivity (Wildman–Crippen MR) is 143 cm³/mol. The maximum Gasteiger partial charge on any atom is 0.165 e. The van der Waals surface area contributed by atoms with Crippen molar-refractivity contribution in [2.45, 2.75) is 53.5 Å². The van der Waals surface area contributed by atoms with Crippen molar-refractivity contribution in [2.24, 2.45) is 0 Å². The second kappa shape index (κ2) is 15.1. The molecule has 0 aliphatic carbocycles. The molecule has 188 valence electrons. The highest BCUT2D eigenvalue weighted by Gasteiger charge is 2.17. The molecule has 0 saturated carbocycles. The van der Waals surface area contributed by atoms with E-state index in [1.165, 1.54) is 29.9 Å². The van der Waals surface area contributed by atoms with Crippen LogP contribution in [0.5, 0.6) is 5.75 Å². The average Bonchev–Trinajstić information content (AvgIpc) is 3.25. The number of hydrogen-bond acceptors (Lipinski definition) is 6. The highest BCUT2D eigenvalue weighted by Crippen LogP contribution is 2.37. The quantitative estimate of drug-likeness (QED) is 0.254. The van der Waals surface area contributed by atoms with E-state index in [0.29, 0.717) is 38.1 Å². The molecule has 0 bridgehead atoms. The van der Waals surface area contributed by atoms with Gasteiger partial charge in [-0.05, 0) is 39.0 Å². The second-order valence-electron chi connectivity index (χ2n) is 7.84. The maximum atomic E-state index is 14.5. The van der Waals surface area contributed by atoms with Crippen molar-refractivity contribution in [1.82, 2.24) is 15.1 Å². The number of aromatic nitrogens is 2. The zero-order valence-electron chi connectivity index (χ0n) is 20.7. The first kappa shape index (κ1) is 30.1. The van der Waals surface area contributed by atoms with Gasteiger partial charge in [0.05, 0.1) is 11.6 Å². The van der Waals surface area contributed by atoms with E-state index in [2.05, 4.69) is 49.4 Å². The molecule has 0 spiro atoms. The number of allylic oxidation sites excluding steroid dienone is 5. The Morgan fingerprint density at radius 3 is 2.50 bits per heavy atom. The van der Waals surface area contributed by atoms with Gasteiger partial charge in [0.1, 0.15) is 10.0 Å². The third-order valence-corrected chi connectivity index (χ3v) is 5.92. The van der Waals surface area contributed by atoms with E-state index in [1.807, 2.05) is 20.0 Å². The largest absolute Gasteiger partial charge is 0.490 e. The molecule has 0 atom stereocenters. The minimum atomic E-state index is -0.562. The summed E-state index contributed by atoms with van der Waals surface area (Å²) in [6.45, 7) is 14.3. The van der Waals surface area contributed by atoms with Crippen LogP contribution in [0.3, 0.4) is 0 Å². The molecule has 1 heterocycles. The van der Waals surface area contributed by atoms with Gasteiger partial charge in [-0.25, -0.2) is 4.39 Å². The van der Waals surface area contributed by atoms with E-state index in [0.717, 1.165) is 11.3 Å². The van der Waals surface area contributed by atoms with Gasteiger partial charge in [-0.2, -0.15) is 0 Å². The van der Waals surface area contributed by atoms with Crippen LogP contribution in [0.15, 0.2) is 41.6 Å². The molecule has 1 aromatic carbocycles. The van der Waals surface area contributed by atoms with Gasteiger partial charge in [0.25, 0.3) is 0 Å². The Morgan fingerprint density at radius 1 is 1.29 bits per heavy atom. The molecule has 9 heteroatoms. The Hall–Kier alpha value is -1.93. The molecule has 0 unspecified atom stereocenters. The first-order valence-electron chi connectivity index (χ1n) is 11.1. The summed E-state index contributed by atoms with van der Waals surface area (Å²) in [4.78, 5) is 2.12. The van der Waals surface area contributed by atoms with Crippen molar-refractivity contribution in [3.63, 3.8) is 0 Å². The van der Waals surface area contributed by atoms with Gasteiger partial charge in [0.15, 0.2) is 11.6 Å². The standard InChI is InChI=1S/C22H26Cl2FN3O2S.C3H8/c1-13(2)28(5)15(4)10-16(9-14(3)23)21-26-27-22(31-21)17-11-19(25)20(12-18(17)24)30-8-6-7-29;1-3-2/h9-13,29H,3,6-8H2,1-2,4-5H3;3H2,1-2H3/b15-10+,16-9+;. The molecule has 0 aliphatic rings. The van der Waals surface area contributed by atoms with Crippen molar-refractivity contribution in [3.8, 4) is 16.3 Å². The fourth-order valence-electron chi connectivity index (χ4n) is 2.57. The number of halogens is 3. The molecule has 0 amide bonds. The summed E-state index contributed by atoms with van der Waals surface area (Å²) >= 11 is 13.7. The fourth-order valence-corrected chi connectivity index (χ4v) is 3.84. The lowest BCUT2D eigenvalue weighted by Gasteiger charge is -2.24. The fraction of sp³-hybridized carbons (Fsp3) is 0.440. The molecule has 2 rings (SSSR count). The number of aliphatic hydroxyl groups is 1. The number of rotatable bonds is 10. The number of nitrogens with zero attached hydrogens (tertiary/aromatic N) is 3. The summed E-state index contributed by atoms with van der Waals surface area (Å²) in [5, 5.41) is 19.0. The minimum Gasteiger partial charge on any atom is -0.490 e. The van der Waals surface area contributed by atoms with Crippen LogP contribution in [0.1, 0.15) is 52.5 Å². The molecule has 0 fully saturated rings. The molecule has 0 aliphatic heterocycles. The molecule has 34 heavy (non-hydrogen) atoms. The third kappa shape index (κ3) is 9.37. The monoisotopic (exact) mass is 529 g/mol. The van der Waals surface area contributed by atoms with E-state index in [-0.39, 0.29) is 19.0 Å². The van der Waals surface area contributed by atoms with E-state index in [9.17, 15) is 4.39 Å². The number of ether oxygens (including phenoxy) is 1. The smallest absolute Gasteiger partial charge is 0.165 e. The third-order valence-electron chi connectivity index (χ3n) is 4.49. The zero-order valence-corrected chi connectivity index (χ0v) is 23.0. The highest BCUT2D eigenvalue weighted by molar-refractivity contribution is 7.15. The van der Waals surface area contributed by atoms with Gasteiger partial charge in [-0.3, -0.25) is 0 Å². The predicted octanol–water partition coefficient (Wildman–Crippen LogP) is 7.56. The molecule has 0 saturated heterocycles. The van der Waals surface area contributed by atoms with Gasteiger partial charge < -0.3 is 14.7 Å². The Balaban J connectivity index is 0.00000182. The van der Waals surface area contributed by atoms with Gasteiger partial charge in [-0.1, -0.05) is 61.4 Å². The summed E-state index contributed by atoms with van der Waals surface area (Å²) in [6, 6.07) is 3.00. The lowest BCUT2D eigenvalue weighted by atomic mass is 10.2. The highest BCUT2D eigenvalue weighted by atomic mass is 35.5. The van der Waals surface area contributed by atoms with Gasteiger partial charge in [0, 0.05) is 54.0 Å². The van der Waals surface area contributed by atoms with Crippen molar-refractivity contribution in [1.29, 1.82) is 0 Å². The van der Waals surface area contributed by atoms with Crippen LogP contribution in [0.25, 0.3) is 16.1 Å². The summed E-state index contributed by atoms with van der Waals surface area (Å²) in [5.74, 6) is -0.533. The van der Waals surface area contributed by atoms with Crippen LogP contribution in [0.4, 0.5) is 4.39 Å². The topological polar surface area (TPSA) is 58.5 Å². The first-order chi connectivity index (χ1) is 16.0. The molecule has 0 radical (unpaired) electrons. The van der Waals surface area contributed by atoms with Gasteiger partial charge in [-0.15, -0.1) is 10.2 Å². The molecular weight excluding hydrogens is 496 g/mol. The molecule has 2 aromatic rings. The van der Waals surface area contributed by atoms with Crippen molar-refractivity contribution in [3.05, 3.63) is 57.4 Å². The summed E-state index contributed by atoms with van der Waals surface area (Å²) < 4.78 is 19.8. The Morgan fingerprint density at radius 2 is 1.94 bits per heavy atom. The van der Waals surface area contributed by atoms with Crippen molar-refractivity contribution >= 4 is 40.1 Å².